The minimum atomic E-state index is -4.47. The average Bonchev–Trinajstić information content (AvgIpc) is 2.82. The Hall–Kier alpha value is -2.69. The van der Waals surface area contributed by atoms with Crippen molar-refractivity contribution in [1.29, 1.82) is 0 Å². The van der Waals surface area contributed by atoms with Gasteiger partial charge in [0.2, 0.25) is 0 Å². The molecule has 0 N–H and O–H groups in total. The molecule has 1 aliphatic rings. The monoisotopic (exact) mass is 496 g/mol. The maximum absolute atomic E-state index is 13.3. The molecule has 0 spiro atoms. The van der Waals surface area contributed by atoms with E-state index in [4.69, 9.17) is 18.9 Å². The van der Waals surface area contributed by atoms with Gasteiger partial charge in [-0.3, -0.25) is 9.78 Å². The van der Waals surface area contributed by atoms with Gasteiger partial charge in [-0.1, -0.05) is 32.0 Å². The molecule has 0 bridgehead atoms. The van der Waals surface area contributed by atoms with E-state index in [1.54, 1.807) is 17.0 Å². The molecule has 10 heteroatoms. The predicted octanol–water partition coefficient (Wildman–Crippen LogP) is 4.44. The van der Waals surface area contributed by atoms with E-state index in [1.807, 2.05) is 0 Å². The molecule has 2 atom stereocenters. The number of amides is 1. The first kappa shape index (κ1) is 26.9. The van der Waals surface area contributed by atoms with Crippen LogP contribution in [0.5, 0.6) is 5.75 Å². The lowest BCUT2D eigenvalue weighted by molar-refractivity contribution is -0.235. The Balaban J connectivity index is 1.81. The van der Waals surface area contributed by atoms with Gasteiger partial charge in [0.1, 0.15) is 25.9 Å². The Morgan fingerprint density at radius 3 is 2.54 bits per heavy atom. The van der Waals surface area contributed by atoms with Gasteiger partial charge in [0.15, 0.2) is 5.60 Å². The van der Waals surface area contributed by atoms with Gasteiger partial charge in [0.25, 0.3) is 5.91 Å². The maximum Gasteiger partial charge on any atom is 0.416 e. The van der Waals surface area contributed by atoms with Crippen LogP contribution in [0.4, 0.5) is 13.2 Å². The second-order valence-electron chi connectivity index (χ2n) is 8.88. The first-order chi connectivity index (χ1) is 16.6. The van der Waals surface area contributed by atoms with Crippen LogP contribution < -0.4 is 4.74 Å². The Morgan fingerprint density at radius 2 is 1.89 bits per heavy atom. The Morgan fingerprint density at radius 1 is 1.14 bits per heavy atom. The van der Waals surface area contributed by atoms with Crippen molar-refractivity contribution in [3.63, 3.8) is 0 Å². The minimum absolute atomic E-state index is 0.0274. The molecule has 1 amide bonds. The summed E-state index contributed by atoms with van der Waals surface area (Å²) < 4.78 is 61.8. The normalized spacial score (nSPS) is 20.3. The number of hydrogen-bond donors (Lipinski definition) is 0. The predicted molar refractivity (Wildman–Crippen MR) is 121 cm³/mol. The average molecular weight is 497 g/mol. The Labute approximate surface area is 203 Å². The number of alkyl halides is 3. The molecule has 1 aromatic carbocycles. The third-order valence-corrected chi connectivity index (χ3v) is 5.88. The third-order valence-electron chi connectivity index (χ3n) is 5.88. The number of benzene rings is 1. The van der Waals surface area contributed by atoms with Gasteiger partial charge in [-0.05, 0) is 24.5 Å². The van der Waals surface area contributed by atoms with Gasteiger partial charge in [-0.25, -0.2) is 0 Å². The molecule has 35 heavy (non-hydrogen) atoms. The van der Waals surface area contributed by atoms with Gasteiger partial charge >= 0.3 is 6.18 Å². The van der Waals surface area contributed by atoms with E-state index < -0.39 is 17.3 Å². The number of β-lactam (4-membered cyclic amide) rings is 1. The molecule has 3 rings (SSSR count). The van der Waals surface area contributed by atoms with Gasteiger partial charge in [0, 0.05) is 44.2 Å². The summed E-state index contributed by atoms with van der Waals surface area (Å²) in [7, 11) is 3.00. The summed E-state index contributed by atoms with van der Waals surface area (Å²) in [6, 6.07) is 8.21. The molecular formula is C25H31F3N2O5. The van der Waals surface area contributed by atoms with Crippen LogP contribution in [0.2, 0.25) is 0 Å². The fourth-order valence-corrected chi connectivity index (χ4v) is 4.33. The van der Waals surface area contributed by atoms with Crippen LogP contribution in [0.15, 0.2) is 42.6 Å². The first-order valence-electron chi connectivity index (χ1n) is 11.3. The number of halogens is 3. The number of nitrogens with zero attached hydrogens (tertiary/aromatic N) is 2. The summed E-state index contributed by atoms with van der Waals surface area (Å²) in [5, 5.41) is 0. The molecule has 0 aliphatic carbocycles. The van der Waals surface area contributed by atoms with Crippen molar-refractivity contribution in [2.75, 3.05) is 27.7 Å². The SMILES string of the molecule is COCO[C@@]1(Cc2cc(OCc3ccccc3C(F)(F)F)ccn2)C(=O)N(COC)[C@H]1CC(C)C. The van der Waals surface area contributed by atoms with Crippen molar-refractivity contribution in [1.82, 2.24) is 9.88 Å². The second kappa shape index (κ2) is 11.4. The zero-order chi connectivity index (χ0) is 25.6. The van der Waals surface area contributed by atoms with Crippen molar-refractivity contribution in [2.24, 2.45) is 5.92 Å². The largest absolute Gasteiger partial charge is 0.489 e. The van der Waals surface area contributed by atoms with Gasteiger partial charge in [0.05, 0.1) is 11.6 Å². The number of carbonyl (C=O) groups excluding carboxylic acids is 1. The lowest BCUT2D eigenvalue weighted by atomic mass is 9.75. The molecule has 192 valence electrons. The molecule has 1 fully saturated rings. The maximum atomic E-state index is 13.3. The highest BCUT2D eigenvalue weighted by atomic mass is 19.4. The van der Waals surface area contributed by atoms with Crippen LogP contribution in [0, 0.1) is 5.92 Å². The smallest absolute Gasteiger partial charge is 0.416 e. The topological polar surface area (TPSA) is 70.1 Å². The fraction of sp³-hybridized carbons (Fsp3) is 0.520. The Kier molecular flexibility index (Phi) is 8.74. The highest BCUT2D eigenvalue weighted by Gasteiger charge is 2.62. The van der Waals surface area contributed by atoms with Crippen molar-refractivity contribution < 1.29 is 36.9 Å². The van der Waals surface area contributed by atoms with E-state index in [2.05, 4.69) is 18.8 Å². The van der Waals surface area contributed by atoms with Crippen molar-refractivity contribution >= 4 is 5.91 Å². The van der Waals surface area contributed by atoms with Crippen molar-refractivity contribution in [3.05, 3.63) is 59.4 Å². The quantitative estimate of drug-likeness (QED) is 0.320. The van der Waals surface area contributed by atoms with Crippen LogP contribution in [0.25, 0.3) is 0 Å². The molecule has 7 nitrogen and oxygen atoms in total. The summed E-state index contributed by atoms with van der Waals surface area (Å²) in [5.41, 5.74) is -1.38. The summed E-state index contributed by atoms with van der Waals surface area (Å²) >= 11 is 0. The molecule has 1 saturated heterocycles. The standard InChI is InChI=1S/C25H31F3N2O5/c1-17(2)11-22-24(35-16-33-4,23(31)30(22)15-32-3)13-19-12-20(9-10-29-19)34-14-18-7-5-6-8-21(18)25(26,27)28/h5-10,12,17,22H,11,13-16H2,1-4H3/t22-,24+/m0/s1. The fourth-order valence-electron chi connectivity index (χ4n) is 4.33. The second-order valence-corrected chi connectivity index (χ2v) is 8.88. The van der Waals surface area contributed by atoms with E-state index in [1.165, 1.54) is 38.6 Å². The summed E-state index contributed by atoms with van der Waals surface area (Å²) in [6.07, 6.45) is -2.14. The van der Waals surface area contributed by atoms with Crippen molar-refractivity contribution in [2.45, 2.75) is 51.1 Å². The minimum Gasteiger partial charge on any atom is -0.489 e. The molecule has 2 aromatic rings. The zero-order valence-corrected chi connectivity index (χ0v) is 20.3. The van der Waals surface area contributed by atoms with Crippen molar-refractivity contribution in [3.8, 4) is 5.75 Å². The molecule has 0 unspecified atom stereocenters. The molecule has 2 heterocycles. The summed E-state index contributed by atoms with van der Waals surface area (Å²) in [5.74, 6) is 0.401. The lowest BCUT2D eigenvalue weighted by Crippen LogP contribution is -2.76. The van der Waals surface area contributed by atoms with E-state index in [0.717, 1.165) is 6.07 Å². The van der Waals surface area contributed by atoms with E-state index in [0.29, 0.717) is 17.9 Å². The zero-order valence-electron chi connectivity index (χ0n) is 20.3. The molecule has 1 aromatic heterocycles. The van der Waals surface area contributed by atoms with Gasteiger partial charge in [-0.2, -0.15) is 13.2 Å². The number of ether oxygens (including phenoxy) is 4. The number of carbonyl (C=O) groups is 1. The molecule has 1 aliphatic heterocycles. The highest BCUT2D eigenvalue weighted by Crippen LogP contribution is 2.41. The first-order valence-corrected chi connectivity index (χ1v) is 11.3. The summed E-state index contributed by atoms with van der Waals surface area (Å²) in [6.45, 7) is 3.91. The molecular weight excluding hydrogens is 465 g/mol. The van der Waals surface area contributed by atoms with Crippen LogP contribution in [0.3, 0.4) is 0 Å². The third kappa shape index (κ3) is 6.12. The number of rotatable bonds is 12. The number of aromatic nitrogens is 1. The number of methoxy groups -OCH3 is 2. The van der Waals surface area contributed by atoms with Gasteiger partial charge in [-0.15, -0.1) is 0 Å². The molecule has 0 saturated carbocycles. The van der Waals surface area contributed by atoms with E-state index in [-0.39, 0.29) is 50.0 Å². The van der Waals surface area contributed by atoms with Crippen LogP contribution >= 0.6 is 0 Å². The van der Waals surface area contributed by atoms with E-state index >= 15 is 0 Å². The summed E-state index contributed by atoms with van der Waals surface area (Å²) in [4.78, 5) is 19.2. The van der Waals surface area contributed by atoms with Crippen LogP contribution in [-0.4, -0.2) is 55.2 Å². The number of likely N-dealkylation sites (tertiary alicyclic amines) is 1. The van der Waals surface area contributed by atoms with Crippen LogP contribution in [0.1, 0.15) is 37.1 Å². The van der Waals surface area contributed by atoms with Crippen LogP contribution in [-0.2, 0) is 38.2 Å². The number of pyridine rings is 1. The molecule has 0 radical (unpaired) electrons. The lowest BCUT2D eigenvalue weighted by Gasteiger charge is -2.55. The van der Waals surface area contributed by atoms with E-state index in [9.17, 15) is 18.0 Å². The Bertz CT molecular complexity index is 1000. The van der Waals surface area contributed by atoms with Gasteiger partial charge < -0.3 is 23.8 Å². The number of hydrogen-bond acceptors (Lipinski definition) is 6. The highest BCUT2D eigenvalue weighted by molar-refractivity contribution is 5.93.